The highest BCUT2D eigenvalue weighted by molar-refractivity contribution is 5.94. The van der Waals surface area contributed by atoms with Gasteiger partial charge in [-0.3, -0.25) is 19.2 Å². The van der Waals surface area contributed by atoms with E-state index >= 15 is 0 Å². The molecule has 0 spiro atoms. The molecule has 11 heteroatoms. The predicted octanol–water partition coefficient (Wildman–Crippen LogP) is 1.89. The lowest BCUT2D eigenvalue weighted by atomic mass is 9.85. The molecule has 0 bridgehead atoms. The summed E-state index contributed by atoms with van der Waals surface area (Å²) >= 11 is 0. The Labute approximate surface area is 225 Å². The first-order valence-electron chi connectivity index (χ1n) is 14.2. The number of piperidine rings is 1. The summed E-state index contributed by atoms with van der Waals surface area (Å²) in [5.74, 6) is -3.14. The summed E-state index contributed by atoms with van der Waals surface area (Å²) < 4.78 is 0. The molecule has 1 saturated carbocycles. The number of likely N-dealkylation sites (N-methyl/N-ethyl adjacent to an activating group) is 1. The van der Waals surface area contributed by atoms with Crippen molar-refractivity contribution in [2.45, 2.75) is 102 Å². The summed E-state index contributed by atoms with van der Waals surface area (Å²) in [5, 5.41) is 27.0. The van der Waals surface area contributed by atoms with Crippen LogP contribution < -0.4 is 16.0 Å². The van der Waals surface area contributed by atoms with Gasteiger partial charge in [-0.05, 0) is 70.4 Å². The topological polar surface area (TPSA) is 165 Å². The van der Waals surface area contributed by atoms with Crippen molar-refractivity contribution in [2.24, 2.45) is 11.8 Å². The first kappa shape index (κ1) is 31.5. The smallest absolute Gasteiger partial charge is 0.326 e. The SMILES string of the molecule is CCN(CC(=O)N[C@@H](CC(=O)O)C(=O)N[C@@H](CCC1CCCCC1)C(=O)O)C(=O)CCCC1CCNCC1. The van der Waals surface area contributed by atoms with E-state index in [0.717, 1.165) is 64.5 Å². The third-order valence-corrected chi connectivity index (χ3v) is 7.76. The van der Waals surface area contributed by atoms with Gasteiger partial charge in [-0.1, -0.05) is 32.1 Å². The molecular formula is C27H46N4O7. The van der Waals surface area contributed by atoms with Crippen LogP contribution >= 0.6 is 0 Å². The molecule has 2 aliphatic rings. The lowest BCUT2D eigenvalue weighted by Gasteiger charge is -2.25. The molecular weight excluding hydrogens is 492 g/mol. The van der Waals surface area contributed by atoms with Gasteiger partial charge in [0, 0.05) is 13.0 Å². The fourth-order valence-corrected chi connectivity index (χ4v) is 5.45. The monoisotopic (exact) mass is 538 g/mol. The predicted molar refractivity (Wildman–Crippen MR) is 141 cm³/mol. The molecule has 1 heterocycles. The quantitative estimate of drug-likeness (QED) is 0.199. The summed E-state index contributed by atoms with van der Waals surface area (Å²) in [5.41, 5.74) is 0. The number of carbonyl (C=O) groups is 5. The van der Waals surface area contributed by atoms with Gasteiger partial charge in [-0.2, -0.15) is 0 Å². The summed E-state index contributed by atoms with van der Waals surface area (Å²) in [4.78, 5) is 62.7. The van der Waals surface area contributed by atoms with Crippen molar-refractivity contribution in [3.63, 3.8) is 0 Å². The highest BCUT2D eigenvalue weighted by Crippen LogP contribution is 2.27. The second kappa shape index (κ2) is 17.0. The Morgan fingerprint density at radius 3 is 2.16 bits per heavy atom. The fraction of sp³-hybridized carbons (Fsp3) is 0.815. The van der Waals surface area contributed by atoms with E-state index in [1.165, 1.54) is 11.3 Å². The Morgan fingerprint density at radius 2 is 1.55 bits per heavy atom. The molecule has 0 radical (unpaired) electrons. The van der Waals surface area contributed by atoms with Gasteiger partial charge in [0.05, 0.1) is 13.0 Å². The lowest BCUT2D eigenvalue weighted by molar-refractivity contribution is -0.144. The van der Waals surface area contributed by atoms with Gasteiger partial charge in [0.1, 0.15) is 12.1 Å². The summed E-state index contributed by atoms with van der Waals surface area (Å²) in [7, 11) is 0. The third kappa shape index (κ3) is 11.8. The van der Waals surface area contributed by atoms with Gasteiger partial charge >= 0.3 is 11.9 Å². The van der Waals surface area contributed by atoms with Crippen LogP contribution in [0.1, 0.15) is 90.4 Å². The summed E-state index contributed by atoms with van der Waals surface area (Å²) in [6, 6.07) is -2.60. The van der Waals surface area contributed by atoms with E-state index in [1.807, 2.05) is 0 Å². The molecule has 0 unspecified atom stereocenters. The molecule has 1 aliphatic carbocycles. The normalized spacial score (nSPS) is 18.2. The molecule has 38 heavy (non-hydrogen) atoms. The van der Waals surface area contributed by atoms with E-state index in [2.05, 4.69) is 16.0 Å². The first-order chi connectivity index (χ1) is 18.2. The lowest BCUT2D eigenvalue weighted by Crippen LogP contribution is -2.54. The molecule has 2 fully saturated rings. The Balaban J connectivity index is 1.86. The maximum absolute atomic E-state index is 12.8. The van der Waals surface area contributed by atoms with Crippen molar-refractivity contribution in [3.05, 3.63) is 0 Å². The average molecular weight is 539 g/mol. The highest BCUT2D eigenvalue weighted by Gasteiger charge is 2.29. The number of hydrogen-bond acceptors (Lipinski definition) is 6. The summed E-state index contributed by atoms with van der Waals surface area (Å²) in [6.45, 7) is 3.76. The van der Waals surface area contributed by atoms with Crippen molar-refractivity contribution < 1.29 is 34.2 Å². The van der Waals surface area contributed by atoms with Crippen LogP contribution in [0.5, 0.6) is 0 Å². The Bertz CT molecular complexity index is 794. The zero-order chi connectivity index (χ0) is 27.9. The molecule has 2 atom stereocenters. The van der Waals surface area contributed by atoms with E-state index < -0.39 is 42.3 Å². The number of amides is 3. The number of hydrogen-bond donors (Lipinski definition) is 5. The van der Waals surface area contributed by atoms with Gasteiger partial charge in [0.15, 0.2) is 0 Å². The van der Waals surface area contributed by atoms with E-state index in [1.54, 1.807) is 6.92 Å². The van der Waals surface area contributed by atoms with Crippen LogP contribution in [0.25, 0.3) is 0 Å². The molecule has 1 aliphatic heterocycles. The maximum Gasteiger partial charge on any atom is 0.326 e. The molecule has 11 nitrogen and oxygen atoms in total. The van der Waals surface area contributed by atoms with Gasteiger partial charge in [0.25, 0.3) is 0 Å². The van der Waals surface area contributed by atoms with Gasteiger partial charge in [-0.25, -0.2) is 4.79 Å². The highest BCUT2D eigenvalue weighted by atomic mass is 16.4. The van der Waals surface area contributed by atoms with Crippen molar-refractivity contribution in [1.29, 1.82) is 0 Å². The van der Waals surface area contributed by atoms with Crippen molar-refractivity contribution in [3.8, 4) is 0 Å². The number of rotatable bonds is 16. The van der Waals surface area contributed by atoms with Crippen molar-refractivity contribution >= 4 is 29.7 Å². The largest absolute Gasteiger partial charge is 0.481 e. The van der Waals surface area contributed by atoms with Crippen LogP contribution in [0.2, 0.25) is 0 Å². The third-order valence-electron chi connectivity index (χ3n) is 7.76. The molecule has 0 aromatic rings. The van der Waals surface area contributed by atoms with E-state index in [9.17, 15) is 34.2 Å². The van der Waals surface area contributed by atoms with Crippen LogP contribution in [0, 0.1) is 11.8 Å². The average Bonchev–Trinajstić information content (AvgIpc) is 2.89. The van der Waals surface area contributed by atoms with Crippen LogP contribution in [0.15, 0.2) is 0 Å². The van der Waals surface area contributed by atoms with Crippen LogP contribution in [-0.4, -0.2) is 83.0 Å². The minimum Gasteiger partial charge on any atom is -0.481 e. The number of aliphatic carboxylic acids is 2. The zero-order valence-electron chi connectivity index (χ0n) is 22.7. The fourth-order valence-electron chi connectivity index (χ4n) is 5.45. The number of nitrogens with one attached hydrogen (secondary N) is 3. The standard InChI is InChI=1S/C27H46N4O7/c1-2-31(24(33)10-6-9-20-13-15-28-16-14-20)18-23(32)29-22(17-25(34)35)26(36)30-21(27(37)38)12-11-19-7-4-3-5-8-19/h19-22,28H,2-18H2,1H3,(H,29,32)(H,30,36)(H,34,35)(H,37,38)/t21-,22-/m0/s1. The first-order valence-corrected chi connectivity index (χ1v) is 14.2. The second-order valence-electron chi connectivity index (χ2n) is 10.7. The number of carboxylic acid groups (broad SMARTS) is 2. The Morgan fingerprint density at radius 1 is 0.895 bits per heavy atom. The van der Waals surface area contributed by atoms with Gasteiger partial charge in [0.2, 0.25) is 17.7 Å². The molecule has 1 saturated heterocycles. The van der Waals surface area contributed by atoms with Crippen molar-refractivity contribution in [1.82, 2.24) is 20.9 Å². The van der Waals surface area contributed by atoms with Crippen LogP contribution in [0.3, 0.4) is 0 Å². The maximum atomic E-state index is 12.8. The summed E-state index contributed by atoms with van der Waals surface area (Å²) in [6.07, 6.45) is 9.97. The van der Waals surface area contributed by atoms with Gasteiger partial charge < -0.3 is 31.1 Å². The molecule has 2 rings (SSSR count). The molecule has 216 valence electrons. The van der Waals surface area contributed by atoms with Crippen LogP contribution in [-0.2, 0) is 24.0 Å². The second-order valence-corrected chi connectivity index (χ2v) is 10.7. The molecule has 3 amide bonds. The Kier molecular flexibility index (Phi) is 14.1. The van der Waals surface area contributed by atoms with E-state index in [-0.39, 0.29) is 18.9 Å². The van der Waals surface area contributed by atoms with E-state index in [4.69, 9.17) is 0 Å². The molecule has 0 aromatic carbocycles. The zero-order valence-corrected chi connectivity index (χ0v) is 22.7. The Hall–Kier alpha value is -2.69. The van der Waals surface area contributed by atoms with Crippen molar-refractivity contribution in [2.75, 3.05) is 26.2 Å². The van der Waals surface area contributed by atoms with E-state index in [0.29, 0.717) is 31.2 Å². The molecule has 0 aromatic heterocycles. The minimum atomic E-state index is -1.44. The molecule has 5 N–H and O–H groups in total. The van der Waals surface area contributed by atoms with Gasteiger partial charge in [-0.15, -0.1) is 0 Å². The number of carboxylic acids is 2. The number of carbonyl (C=O) groups excluding carboxylic acids is 3. The van der Waals surface area contributed by atoms with Crippen LogP contribution in [0.4, 0.5) is 0 Å². The number of nitrogens with zero attached hydrogens (tertiary/aromatic N) is 1. The minimum absolute atomic E-state index is 0.163.